The molecule has 1 N–H and O–H groups in total. The van der Waals surface area contributed by atoms with Crippen molar-refractivity contribution in [3.05, 3.63) is 59.4 Å². The van der Waals surface area contributed by atoms with Gasteiger partial charge in [0.1, 0.15) is 17.7 Å². The lowest BCUT2D eigenvalue weighted by Gasteiger charge is -2.14. The average Bonchev–Trinajstić information content (AvgIpc) is 3.42. The zero-order valence-electron chi connectivity index (χ0n) is 18.4. The first-order chi connectivity index (χ1) is 15.1. The maximum atomic E-state index is 12.3. The van der Waals surface area contributed by atoms with Crippen LogP contribution in [-0.4, -0.2) is 34.8 Å². The summed E-state index contributed by atoms with van der Waals surface area (Å²) in [5.74, 6) is 1.83. The fraction of sp³-hybridized carbons (Fsp3) is 0.440. The highest BCUT2D eigenvalue weighted by molar-refractivity contribution is 5.81. The Hall–Kier alpha value is -2.86. The largest absolute Gasteiger partial charge is 0.493 e. The predicted molar refractivity (Wildman–Crippen MR) is 121 cm³/mol. The van der Waals surface area contributed by atoms with Crippen LogP contribution in [0.25, 0.3) is 11.0 Å². The number of carbonyl (C=O) groups is 1. The molecule has 2 aromatic carbocycles. The maximum Gasteiger partial charge on any atom is 0.249 e. The summed E-state index contributed by atoms with van der Waals surface area (Å²) in [6.45, 7) is 6.76. The number of benzene rings is 2. The van der Waals surface area contributed by atoms with Gasteiger partial charge < -0.3 is 19.4 Å². The van der Waals surface area contributed by atoms with E-state index in [-0.39, 0.29) is 12.0 Å². The third-order valence-electron chi connectivity index (χ3n) is 5.81. The van der Waals surface area contributed by atoms with Gasteiger partial charge in [-0.05, 0) is 62.8 Å². The maximum absolute atomic E-state index is 12.3. The first kappa shape index (κ1) is 21.4. The van der Waals surface area contributed by atoms with Crippen molar-refractivity contribution in [2.45, 2.75) is 58.7 Å². The number of rotatable bonds is 9. The first-order valence-electron chi connectivity index (χ1n) is 11.2. The minimum atomic E-state index is -0.320. The number of imidazole rings is 1. The van der Waals surface area contributed by atoms with Gasteiger partial charge >= 0.3 is 0 Å². The minimum Gasteiger partial charge on any atom is -0.493 e. The normalized spacial score (nSPS) is 16.0. The molecular formula is C25H31N3O3. The quantitative estimate of drug-likeness (QED) is 0.523. The summed E-state index contributed by atoms with van der Waals surface area (Å²) >= 11 is 0. The summed E-state index contributed by atoms with van der Waals surface area (Å²) in [5, 5.41) is 3.01. The second-order valence-electron chi connectivity index (χ2n) is 8.16. The Morgan fingerprint density at radius 1 is 1.16 bits per heavy atom. The van der Waals surface area contributed by atoms with Gasteiger partial charge in [0, 0.05) is 13.2 Å². The van der Waals surface area contributed by atoms with E-state index in [0.717, 1.165) is 54.8 Å². The number of nitrogens with zero attached hydrogens (tertiary/aromatic N) is 2. The van der Waals surface area contributed by atoms with E-state index in [4.69, 9.17) is 14.5 Å². The highest BCUT2D eigenvalue weighted by Crippen LogP contribution is 2.23. The Morgan fingerprint density at radius 2 is 1.97 bits per heavy atom. The van der Waals surface area contributed by atoms with Crippen LogP contribution in [0.5, 0.6) is 5.75 Å². The van der Waals surface area contributed by atoms with E-state index in [2.05, 4.69) is 48.0 Å². The van der Waals surface area contributed by atoms with Gasteiger partial charge in [-0.2, -0.15) is 0 Å². The van der Waals surface area contributed by atoms with E-state index < -0.39 is 0 Å². The lowest BCUT2D eigenvalue weighted by Crippen LogP contribution is -2.34. The van der Waals surface area contributed by atoms with Crippen molar-refractivity contribution in [3.63, 3.8) is 0 Å². The number of carbonyl (C=O) groups excluding carboxylic acids is 1. The van der Waals surface area contributed by atoms with Crippen molar-refractivity contribution in [2.75, 3.05) is 13.2 Å². The molecule has 1 amide bonds. The van der Waals surface area contributed by atoms with Gasteiger partial charge in [-0.15, -0.1) is 0 Å². The Kier molecular flexibility index (Phi) is 6.87. The zero-order chi connectivity index (χ0) is 21.6. The van der Waals surface area contributed by atoms with E-state index in [1.54, 1.807) is 0 Å². The molecule has 0 radical (unpaired) electrons. The smallest absolute Gasteiger partial charge is 0.249 e. The highest BCUT2D eigenvalue weighted by atomic mass is 16.5. The molecule has 1 saturated heterocycles. The van der Waals surface area contributed by atoms with Crippen LogP contribution in [0.3, 0.4) is 0 Å². The van der Waals surface area contributed by atoms with Gasteiger partial charge in [0.05, 0.1) is 24.2 Å². The number of unbranched alkanes of at least 4 members (excludes halogenated alkanes) is 1. The summed E-state index contributed by atoms with van der Waals surface area (Å²) in [6, 6.07) is 14.3. The van der Waals surface area contributed by atoms with Gasteiger partial charge in [0.15, 0.2) is 0 Å². The predicted octanol–water partition coefficient (Wildman–Crippen LogP) is 4.31. The van der Waals surface area contributed by atoms with Crippen LogP contribution in [0, 0.1) is 13.8 Å². The number of aromatic nitrogens is 2. The van der Waals surface area contributed by atoms with Gasteiger partial charge in [-0.3, -0.25) is 4.79 Å². The number of amides is 1. The number of nitrogens with one attached hydrogen (secondary N) is 1. The molecule has 164 valence electrons. The molecular weight excluding hydrogens is 390 g/mol. The number of para-hydroxylation sites is 3. The van der Waals surface area contributed by atoms with Crippen molar-refractivity contribution >= 4 is 16.9 Å². The molecule has 0 spiro atoms. The van der Waals surface area contributed by atoms with Crippen LogP contribution in [0.4, 0.5) is 0 Å². The van der Waals surface area contributed by atoms with E-state index in [1.165, 1.54) is 11.1 Å². The topological polar surface area (TPSA) is 65.4 Å². The number of hydrogen-bond acceptors (Lipinski definition) is 4. The molecule has 1 unspecified atom stereocenters. The van der Waals surface area contributed by atoms with Gasteiger partial charge in [0.25, 0.3) is 0 Å². The standard InChI is InChI=1S/C25H31N3O3/c1-18-9-7-10-19(2)24(18)31-15-6-5-14-28-21-12-4-3-11-20(21)27-23(28)17-26-25(29)22-13-8-16-30-22/h3-4,7,9-12,22H,5-6,8,13-17H2,1-2H3,(H,26,29). The van der Waals surface area contributed by atoms with Crippen LogP contribution < -0.4 is 10.1 Å². The Morgan fingerprint density at radius 3 is 2.74 bits per heavy atom. The monoisotopic (exact) mass is 421 g/mol. The summed E-state index contributed by atoms with van der Waals surface area (Å²) in [7, 11) is 0. The highest BCUT2D eigenvalue weighted by Gasteiger charge is 2.23. The molecule has 1 atom stereocenters. The third-order valence-corrected chi connectivity index (χ3v) is 5.81. The molecule has 31 heavy (non-hydrogen) atoms. The fourth-order valence-electron chi connectivity index (χ4n) is 4.15. The molecule has 1 aliphatic heterocycles. The van der Waals surface area contributed by atoms with Gasteiger partial charge in [-0.25, -0.2) is 4.98 Å². The van der Waals surface area contributed by atoms with Crippen molar-refractivity contribution in [1.29, 1.82) is 0 Å². The second-order valence-corrected chi connectivity index (χ2v) is 8.16. The first-order valence-corrected chi connectivity index (χ1v) is 11.2. The number of ether oxygens (including phenoxy) is 2. The number of fused-ring (bicyclic) bond motifs is 1. The summed E-state index contributed by atoms with van der Waals surface area (Å²) < 4.78 is 13.7. The Balaban J connectivity index is 1.36. The molecule has 1 aliphatic rings. The van der Waals surface area contributed by atoms with Crippen LogP contribution in [0.15, 0.2) is 42.5 Å². The molecule has 6 heteroatoms. The molecule has 0 saturated carbocycles. The van der Waals surface area contributed by atoms with Crippen molar-refractivity contribution in [3.8, 4) is 5.75 Å². The van der Waals surface area contributed by atoms with Crippen LogP contribution in [0.2, 0.25) is 0 Å². The molecule has 2 heterocycles. The molecule has 4 rings (SSSR count). The van der Waals surface area contributed by atoms with E-state index in [0.29, 0.717) is 19.8 Å². The minimum absolute atomic E-state index is 0.0434. The van der Waals surface area contributed by atoms with Crippen molar-refractivity contribution in [1.82, 2.24) is 14.9 Å². The van der Waals surface area contributed by atoms with Crippen molar-refractivity contribution < 1.29 is 14.3 Å². The summed E-state index contributed by atoms with van der Waals surface area (Å²) in [6.07, 6.45) is 3.34. The lowest BCUT2D eigenvalue weighted by molar-refractivity contribution is -0.130. The molecule has 3 aromatic rings. The molecule has 0 bridgehead atoms. The Labute approximate surface area is 183 Å². The van der Waals surface area contributed by atoms with E-state index >= 15 is 0 Å². The molecule has 1 fully saturated rings. The number of hydrogen-bond donors (Lipinski definition) is 1. The van der Waals surface area contributed by atoms with Crippen LogP contribution in [0.1, 0.15) is 42.6 Å². The number of aryl methyl sites for hydroxylation is 3. The van der Waals surface area contributed by atoms with Crippen LogP contribution >= 0.6 is 0 Å². The zero-order valence-corrected chi connectivity index (χ0v) is 18.4. The SMILES string of the molecule is Cc1cccc(C)c1OCCCCn1c(CNC(=O)C2CCCO2)nc2ccccc21. The fourth-order valence-corrected chi connectivity index (χ4v) is 4.15. The molecule has 6 nitrogen and oxygen atoms in total. The summed E-state index contributed by atoms with van der Waals surface area (Å²) in [5.41, 5.74) is 4.39. The summed E-state index contributed by atoms with van der Waals surface area (Å²) in [4.78, 5) is 17.1. The Bertz CT molecular complexity index is 1020. The third kappa shape index (κ3) is 5.07. The molecule has 1 aromatic heterocycles. The average molecular weight is 422 g/mol. The second kappa shape index (κ2) is 9.96. The lowest BCUT2D eigenvalue weighted by atomic mass is 10.1. The van der Waals surface area contributed by atoms with Crippen LogP contribution in [-0.2, 0) is 22.6 Å². The van der Waals surface area contributed by atoms with E-state index in [9.17, 15) is 4.79 Å². The van der Waals surface area contributed by atoms with Gasteiger partial charge in [0.2, 0.25) is 5.91 Å². The van der Waals surface area contributed by atoms with Gasteiger partial charge in [-0.1, -0.05) is 30.3 Å². The molecule has 0 aliphatic carbocycles. The van der Waals surface area contributed by atoms with Crippen molar-refractivity contribution in [2.24, 2.45) is 0 Å². The van der Waals surface area contributed by atoms with E-state index in [1.807, 2.05) is 18.2 Å².